The van der Waals surface area contributed by atoms with Gasteiger partial charge in [0, 0.05) is 23.9 Å². The number of hydrogen-bond acceptors (Lipinski definition) is 3. The van der Waals surface area contributed by atoms with E-state index in [1.807, 2.05) is 0 Å². The van der Waals surface area contributed by atoms with Gasteiger partial charge < -0.3 is 10.6 Å². The molecule has 0 radical (unpaired) electrons. The van der Waals surface area contributed by atoms with E-state index in [9.17, 15) is 22.8 Å². The summed E-state index contributed by atoms with van der Waals surface area (Å²) in [7, 11) is 0. The number of anilines is 1. The summed E-state index contributed by atoms with van der Waals surface area (Å²) in [6.45, 7) is -0.0432. The van der Waals surface area contributed by atoms with Gasteiger partial charge in [-0.1, -0.05) is 24.3 Å². The van der Waals surface area contributed by atoms with E-state index in [1.54, 1.807) is 6.07 Å². The lowest BCUT2D eigenvalue weighted by molar-refractivity contribution is 0.0945. The quantitative estimate of drug-likeness (QED) is 0.704. The summed E-state index contributed by atoms with van der Waals surface area (Å²) in [5.74, 6) is -3.88. The Morgan fingerprint density at radius 3 is 2.21 bits per heavy atom. The lowest BCUT2D eigenvalue weighted by Crippen LogP contribution is -2.25. The fraction of sp³-hybridized carbons (Fsp3) is 0.0500. The minimum absolute atomic E-state index is 0.0418. The number of rotatable bonds is 5. The van der Waals surface area contributed by atoms with Crippen LogP contribution in [0.15, 0.2) is 60.7 Å². The Hall–Kier alpha value is -3.68. The van der Waals surface area contributed by atoms with Crippen LogP contribution in [0.25, 0.3) is 0 Å². The molecule has 3 rings (SSSR count). The standard InChI is InChI=1S/C20H14F3N3O2/c21-14-5-2-1-4-12(14)11-24-19(27)17-6-3-7-18(26-17)20(28)25-13-8-9-15(22)16(23)10-13/h1-10H,11H2,(H,24,27)(H,25,28). The van der Waals surface area contributed by atoms with Crippen LogP contribution in [-0.4, -0.2) is 16.8 Å². The van der Waals surface area contributed by atoms with Gasteiger partial charge in [0.2, 0.25) is 0 Å². The van der Waals surface area contributed by atoms with E-state index in [2.05, 4.69) is 15.6 Å². The summed E-state index contributed by atoms with van der Waals surface area (Å²) in [4.78, 5) is 28.4. The highest BCUT2D eigenvalue weighted by molar-refractivity contribution is 6.03. The van der Waals surface area contributed by atoms with E-state index >= 15 is 0 Å². The lowest BCUT2D eigenvalue weighted by atomic mass is 10.2. The third-order valence-corrected chi connectivity index (χ3v) is 3.79. The molecular weight excluding hydrogens is 371 g/mol. The first kappa shape index (κ1) is 19.1. The van der Waals surface area contributed by atoms with Crippen molar-refractivity contribution in [1.82, 2.24) is 10.3 Å². The molecule has 1 heterocycles. The molecule has 0 aliphatic heterocycles. The van der Waals surface area contributed by atoms with Gasteiger partial charge in [0.25, 0.3) is 11.8 Å². The molecule has 0 fully saturated rings. The maximum absolute atomic E-state index is 13.6. The molecular formula is C20H14F3N3O2. The highest BCUT2D eigenvalue weighted by atomic mass is 19.2. The predicted octanol–water partition coefficient (Wildman–Crippen LogP) is 3.68. The molecule has 0 aliphatic carbocycles. The number of aromatic nitrogens is 1. The molecule has 0 saturated heterocycles. The molecule has 0 bridgehead atoms. The molecule has 0 unspecified atom stereocenters. The number of hydrogen-bond donors (Lipinski definition) is 2. The number of benzene rings is 2. The zero-order valence-corrected chi connectivity index (χ0v) is 14.4. The number of carbonyl (C=O) groups is 2. The summed E-state index contributed by atoms with van der Waals surface area (Å²) in [6, 6.07) is 13.1. The molecule has 3 aromatic rings. The second kappa shape index (κ2) is 8.34. The number of amides is 2. The number of nitrogens with one attached hydrogen (secondary N) is 2. The van der Waals surface area contributed by atoms with Crippen molar-refractivity contribution in [3.8, 4) is 0 Å². The molecule has 2 N–H and O–H groups in total. The summed E-state index contributed by atoms with van der Waals surface area (Å²) in [5.41, 5.74) is 0.209. The van der Waals surface area contributed by atoms with Crippen molar-refractivity contribution in [2.75, 3.05) is 5.32 Å². The number of carbonyl (C=O) groups excluding carboxylic acids is 2. The normalized spacial score (nSPS) is 10.4. The molecule has 2 aromatic carbocycles. The van der Waals surface area contributed by atoms with Crippen LogP contribution >= 0.6 is 0 Å². The Balaban J connectivity index is 1.68. The van der Waals surface area contributed by atoms with E-state index in [4.69, 9.17) is 0 Å². The SMILES string of the molecule is O=C(NCc1ccccc1F)c1cccc(C(=O)Nc2ccc(F)c(F)c2)n1. The van der Waals surface area contributed by atoms with Crippen molar-refractivity contribution < 1.29 is 22.8 Å². The highest BCUT2D eigenvalue weighted by Gasteiger charge is 2.14. The molecule has 28 heavy (non-hydrogen) atoms. The molecule has 0 aliphatic rings. The molecule has 0 saturated carbocycles. The Labute approximate surface area is 158 Å². The van der Waals surface area contributed by atoms with Gasteiger partial charge in [-0.2, -0.15) is 0 Å². The van der Waals surface area contributed by atoms with Crippen molar-refractivity contribution in [2.24, 2.45) is 0 Å². The zero-order valence-electron chi connectivity index (χ0n) is 14.4. The molecule has 0 spiro atoms. The van der Waals surface area contributed by atoms with Crippen molar-refractivity contribution >= 4 is 17.5 Å². The Bertz CT molecular complexity index is 1040. The second-order valence-corrected chi connectivity index (χ2v) is 5.77. The molecule has 5 nitrogen and oxygen atoms in total. The van der Waals surface area contributed by atoms with Crippen molar-refractivity contribution in [1.29, 1.82) is 0 Å². The molecule has 1 aromatic heterocycles. The first-order valence-corrected chi connectivity index (χ1v) is 8.19. The van der Waals surface area contributed by atoms with Crippen LogP contribution in [0.1, 0.15) is 26.5 Å². The van der Waals surface area contributed by atoms with Gasteiger partial charge in [-0.05, 0) is 30.3 Å². The monoisotopic (exact) mass is 385 g/mol. The van der Waals surface area contributed by atoms with Crippen LogP contribution in [-0.2, 0) is 6.54 Å². The van der Waals surface area contributed by atoms with Crippen molar-refractivity contribution in [3.63, 3.8) is 0 Å². The maximum Gasteiger partial charge on any atom is 0.274 e. The fourth-order valence-corrected chi connectivity index (χ4v) is 2.36. The first-order chi connectivity index (χ1) is 13.4. The number of pyridine rings is 1. The van der Waals surface area contributed by atoms with Gasteiger partial charge >= 0.3 is 0 Å². The third-order valence-electron chi connectivity index (χ3n) is 3.79. The Morgan fingerprint density at radius 2 is 1.50 bits per heavy atom. The summed E-state index contributed by atoms with van der Waals surface area (Å²) in [6.07, 6.45) is 0. The highest BCUT2D eigenvalue weighted by Crippen LogP contribution is 2.14. The molecule has 142 valence electrons. The third kappa shape index (κ3) is 4.53. The van der Waals surface area contributed by atoms with Gasteiger partial charge in [0.05, 0.1) is 0 Å². The van der Waals surface area contributed by atoms with E-state index in [0.717, 1.165) is 12.1 Å². The second-order valence-electron chi connectivity index (χ2n) is 5.77. The van der Waals surface area contributed by atoms with Gasteiger partial charge in [-0.3, -0.25) is 9.59 Å². The molecule has 8 heteroatoms. The Kier molecular flexibility index (Phi) is 5.69. The van der Waals surface area contributed by atoms with Gasteiger partial charge in [-0.25, -0.2) is 18.2 Å². The lowest BCUT2D eigenvalue weighted by Gasteiger charge is -2.08. The van der Waals surface area contributed by atoms with E-state index in [0.29, 0.717) is 5.56 Å². The zero-order chi connectivity index (χ0) is 20.1. The minimum Gasteiger partial charge on any atom is -0.347 e. The van der Waals surface area contributed by atoms with Crippen LogP contribution in [0.5, 0.6) is 0 Å². The summed E-state index contributed by atoms with van der Waals surface area (Å²) < 4.78 is 39.8. The van der Waals surface area contributed by atoms with Crippen molar-refractivity contribution in [3.05, 3.63) is 95.1 Å². The fourth-order valence-electron chi connectivity index (χ4n) is 2.36. The number of halogens is 3. The smallest absolute Gasteiger partial charge is 0.274 e. The van der Waals surface area contributed by atoms with Crippen LogP contribution < -0.4 is 10.6 Å². The number of nitrogens with zero attached hydrogens (tertiary/aromatic N) is 1. The average molecular weight is 385 g/mol. The van der Waals surface area contributed by atoms with Gasteiger partial charge in [0.1, 0.15) is 17.2 Å². The summed E-state index contributed by atoms with van der Waals surface area (Å²) in [5, 5.41) is 4.89. The topological polar surface area (TPSA) is 71.1 Å². The average Bonchev–Trinajstić information content (AvgIpc) is 2.70. The summed E-state index contributed by atoms with van der Waals surface area (Å²) >= 11 is 0. The molecule has 0 atom stereocenters. The maximum atomic E-state index is 13.6. The predicted molar refractivity (Wildman–Crippen MR) is 96.1 cm³/mol. The minimum atomic E-state index is -1.10. The first-order valence-electron chi connectivity index (χ1n) is 8.19. The van der Waals surface area contributed by atoms with Crippen LogP contribution in [0.3, 0.4) is 0 Å². The van der Waals surface area contributed by atoms with E-state index in [1.165, 1.54) is 42.5 Å². The van der Waals surface area contributed by atoms with Crippen molar-refractivity contribution in [2.45, 2.75) is 6.54 Å². The van der Waals surface area contributed by atoms with Gasteiger partial charge in [0.15, 0.2) is 11.6 Å². The molecule has 2 amide bonds. The van der Waals surface area contributed by atoms with Crippen LogP contribution in [0.4, 0.5) is 18.9 Å². The van der Waals surface area contributed by atoms with E-state index < -0.39 is 29.3 Å². The van der Waals surface area contributed by atoms with Crippen LogP contribution in [0.2, 0.25) is 0 Å². The van der Waals surface area contributed by atoms with Gasteiger partial charge in [-0.15, -0.1) is 0 Å². The largest absolute Gasteiger partial charge is 0.347 e. The van der Waals surface area contributed by atoms with Crippen LogP contribution in [0, 0.1) is 17.5 Å². The Morgan fingerprint density at radius 1 is 0.786 bits per heavy atom. The van der Waals surface area contributed by atoms with E-state index in [-0.39, 0.29) is 23.6 Å².